The van der Waals surface area contributed by atoms with Gasteiger partial charge < -0.3 is 9.47 Å². The maximum Gasteiger partial charge on any atom is 0.338 e. The summed E-state index contributed by atoms with van der Waals surface area (Å²) < 4.78 is 11.7. The van der Waals surface area contributed by atoms with Gasteiger partial charge in [-0.2, -0.15) is 0 Å². The summed E-state index contributed by atoms with van der Waals surface area (Å²) in [5, 5.41) is 0. The number of carbonyl (C=O) groups is 2. The maximum atomic E-state index is 12.8. The van der Waals surface area contributed by atoms with Crippen LogP contribution in [0.1, 0.15) is 38.3 Å². The lowest BCUT2D eigenvalue weighted by Gasteiger charge is -2.27. The first-order valence-corrected chi connectivity index (χ1v) is 16.8. The zero-order chi connectivity index (χ0) is 28.7. The number of rotatable bonds is 15. The number of hydrogen-bond acceptors (Lipinski definition) is 6. The molecule has 0 N–H and O–H groups in total. The second kappa shape index (κ2) is 17.3. The molecule has 4 aromatic rings. The molecule has 0 aliphatic carbocycles. The summed E-state index contributed by atoms with van der Waals surface area (Å²) in [5.74, 6) is 1.08. The van der Waals surface area contributed by atoms with Crippen LogP contribution in [0.5, 0.6) is 0 Å². The Kier molecular flexibility index (Phi) is 13.1. The molecule has 0 saturated heterocycles. The molecule has 0 heterocycles. The van der Waals surface area contributed by atoms with Crippen molar-refractivity contribution < 1.29 is 19.1 Å². The van der Waals surface area contributed by atoms with Crippen LogP contribution in [-0.2, 0) is 21.0 Å². The van der Waals surface area contributed by atoms with E-state index in [0.29, 0.717) is 11.1 Å². The van der Waals surface area contributed by atoms with Crippen LogP contribution in [0.25, 0.3) is 0 Å². The van der Waals surface area contributed by atoms with Crippen molar-refractivity contribution in [3.8, 4) is 0 Å². The summed E-state index contributed by atoms with van der Waals surface area (Å²) in [4.78, 5) is 25.5. The van der Waals surface area contributed by atoms with Gasteiger partial charge in [-0.15, -0.1) is 23.5 Å². The van der Waals surface area contributed by atoms with E-state index in [0.717, 1.165) is 17.9 Å². The topological polar surface area (TPSA) is 52.6 Å². The molecule has 0 spiro atoms. The third-order valence-electron chi connectivity index (χ3n) is 6.39. The minimum Gasteiger partial charge on any atom is -0.462 e. The lowest BCUT2D eigenvalue weighted by molar-refractivity contribution is 0.0369. The van der Waals surface area contributed by atoms with Crippen LogP contribution in [0.4, 0.5) is 0 Å². The maximum absolute atomic E-state index is 12.8. The molecular formula is C34H33IO4S2. The van der Waals surface area contributed by atoms with Gasteiger partial charge in [0, 0.05) is 17.4 Å². The molecule has 0 bridgehead atoms. The van der Waals surface area contributed by atoms with Gasteiger partial charge in [-0.1, -0.05) is 120 Å². The molecular weight excluding hydrogens is 663 g/mol. The summed E-state index contributed by atoms with van der Waals surface area (Å²) in [6, 6.07) is 39.0. The Hall–Kier alpha value is -2.75. The first kappa shape index (κ1) is 31.2. The highest BCUT2D eigenvalue weighted by molar-refractivity contribution is 14.1. The van der Waals surface area contributed by atoms with Gasteiger partial charge in [0.25, 0.3) is 0 Å². The van der Waals surface area contributed by atoms with Gasteiger partial charge in [-0.3, -0.25) is 0 Å². The van der Waals surface area contributed by atoms with Crippen LogP contribution in [0.2, 0.25) is 0 Å². The highest BCUT2D eigenvalue weighted by atomic mass is 127. The normalized spacial score (nSPS) is 12.4. The molecule has 0 radical (unpaired) electrons. The smallest absolute Gasteiger partial charge is 0.338 e. The molecule has 0 fully saturated rings. The zero-order valence-electron chi connectivity index (χ0n) is 22.6. The fourth-order valence-electron chi connectivity index (χ4n) is 4.07. The molecule has 0 aliphatic heterocycles. The monoisotopic (exact) mass is 696 g/mol. The number of benzene rings is 4. The van der Waals surface area contributed by atoms with Crippen molar-refractivity contribution in [3.63, 3.8) is 0 Å². The fourth-order valence-corrected chi connectivity index (χ4v) is 7.45. The first-order valence-electron chi connectivity index (χ1n) is 13.5. The van der Waals surface area contributed by atoms with Gasteiger partial charge in [-0.25, -0.2) is 9.59 Å². The SMILES string of the molecule is O=C(OC[C@@H](CC(SCc1ccccc1)SCc1ccccc1)[C@H](I)COC(=O)c1ccccc1)c1ccccc1. The van der Waals surface area contributed by atoms with Gasteiger partial charge in [0.15, 0.2) is 0 Å². The summed E-state index contributed by atoms with van der Waals surface area (Å²) in [5.41, 5.74) is 3.61. The van der Waals surface area contributed by atoms with E-state index >= 15 is 0 Å². The van der Waals surface area contributed by atoms with Gasteiger partial charge >= 0.3 is 11.9 Å². The Labute approximate surface area is 264 Å². The van der Waals surface area contributed by atoms with E-state index in [2.05, 4.69) is 71.1 Å². The largest absolute Gasteiger partial charge is 0.462 e. The van der Waals surface area contributed by atoms with Crippen molar-refractivity contribution in [2.75, 3.05) is 13.2 Å². The number of esters is 2. The molecule has 41 heavy (non-hydrogen) atoms. The van der Waals surface area contributed by atoms with E-state index in [1.807, 2.05) is 72.1 Å². The quantitative estimate of drug-likeness (QED) is 0.0537. The highest BCUT2D eigenvalue weighted by Gasteiger charge is 2.27. The Morgan fingerprint density at radius 1 is 0.585 bits per heavy atom. The summed E-state index contributed by atoms with van der Waals surface area (Å²) in [6.07, 6.45) is 0.799. The van der Waals surface area contributed by atoms with Crippen LogP contribution in [-0.4, -0.2) is 33.7 Å². The first-order chi connectivity index (χ1) is 20.1. The number of hydrogen-bond donors (Lipinski definition) is 0. The molecule has 0 aliphatic rings. The van der Waals surface area contributed by atoms with Crippen LogP contribution < -0.4 is 0 Å². The fraction of sp³-hybridized carbons (Fsp3) is 0.235. The molecule has 0 aromatic heterocycles. The summed E-state index contributed by atoms with van der Waals surface area (Å²) >= 11 is 6.15. The van der Waals surface area contributed by atoms with E-state index in [4.69, 9.17) is 9.47 Å². The second-order valence-electron chi connectivity index (χ2n) is 9.46. The van der Waals surface area contributed by atoms with E-state index < -0.39 is 0 Å². The molecule has 4 aromatic carbocycles. The molecule has 0 saturated carbocycles. The number of ether oxygens (including phenoxy) is 2. The van der Waals surface area contributed by atoms with E-state index in [-0.39, 0.29) is 39.6 Å². The van der Waals surface area contributed by atoms with Crippen LogP contribution >= 0.6 is 46.1 Å². The number of halogens is 1. The lowest BCUT2D eigenvalue weighted by atomic mass is 10.0. The number of alkyl halides is 1. The predicted molar refractivity (Wildman–Crippen MR) is 179 cm³/mol. The second-order valence-corrected chi connectivity index (χ2v) is 13.7. The Bertz CT molecular complexity index is 1280. The molecule has 7 heteroatoms. The molecule has 0 amide bonds. The lowest BCUT2D eigenvalue weighted by Crippen LogP contribution is -2.29. The summed E-state index contributed by atoms with van der Waals surface area (Å²) in [7, 11) is 0. The van der Waals surface area contributed by atoms with E-state index in [9.17, 15) is 9.59 Å². The zero-order valence-corrected chi connectivity index (χ0v) is 26.4. The molecule has 2 atom stereocenters. The Morgan fingerprint density at radius 2 is 0.976 bits per heavy atom. The number of carbonyl (C=O) groups excluding carboxylic acids is 2. The van der Waals surface area contributed by atoms with Gasteiger partial charge in [0.2, 0.25) is 0 Å². The Morgan fingerprint density at radius 3 is 1.41 bits per heavy atom. The predicted octanol–water partition coefficient (Wildman–Crippen LogP) is 8.70. The van der Waals surface area contributed by atoms with E-state index in [1.165, 1.54) is 11.1 Å². The van der Waals surface area contributed by atoms with Crippen molar-refractivity contribution in [3.05, 3.63) is 144 Å². The molecule has 4 rings (SSSR count). The third kappa shape index (κ3) is 10.9. The third-order valence-corrected chi connectivity index (χ3v) is 10.7. The summed E-state index contributed by atoms with van der Waals surface area (Å²) in [6.45, 7) is 0.486. The van der Waals surface area contributed by atoms with Crippen LogP contribution in [0, 0.1) is 5.92 Å². The van der Waals surface area contributed by atoms with Crippen molar-refractivity contribution in [2.24, 2.45) is 5.92 Å². The average Bonchev–Trinajstić information content (AvgIpc) is 3.04. The Balaban J connectivity index is 1.45. The van der Waals surface area contributed by atoms with Gasteiger partial charge in [0.05, 0.1) is 26.2 Å². The highest BCUT2D eigenvalue weighted by Crippen LogP contribution is 2.36. The van der Waals surface area contributed by atoms with Crippen LogP contribution in [0.15, 0.2) is 121 Å². The minimum atomic E-state index is -0.347. The standard InChI is InChI=1S/C34H33IO4S2/c35-31(23-39-34(37)29-19-11-4-12-20-29)30(22-38-33(36)28-17-9-3-10-18-28)21-32(40-24-26-13-5-1-6-14-26)41-25-27-15-7-2-8-16-27/h1-20,30-32H,21-25H2/t30-,31-/m1/s1. The van der Waals surface area contributed by atoms with E-state index in [1.54, 1.807) is 24.3 Å². The molecule has 212 valence electrons. The van der Waals surface area contributed by atoms with Gasteiger partial charge in [0.1, 0.15) is 6.61 Å². The number of thioether (sulfide) groups is 2. The minimum absolute atomic E-state index is 0.0108. The van der Waals surface area contributed by atoms with Crippen molar-refractivity contribution in [1.29, 1.82) is 0 Å². The van der Waals surface area contributed by atoms with Crippen LogP contribution in [0.3, 0.4) is 0 Å². The van der Waals surface area contributed by atoms with Gasteiger partial charge in [-0.05, 0) is 41.8 Å². The van der Waals surface area contributed by atoms with Crippen molar-refractivity contribution in [1.82, 2.24) is 0 Å². The average molecular weight is 697 g/mol. The molecule has 4 nitrogen and oxygen atoms in total. The molecule has 0 unspecified atom stereocenters. The van der Waals surface area contributed by atoms with Crippen molar-refractivity contribution in [2.45, 2.75) is 26.4 Å². The van der Waals surface area contributed by atoms with Crippen molar-refractivity contribution >= 4 is 58.1 Å².